The van der Waals surface area contributed by atoms with Gasteiger partial charge in [0, 0.05) is 5.88 Å². The summed E-state index contributed by atoms with van der Waals surface area (Å²) in [4.78, 5) is 8.19. The smallest absolute Gasteiger partial charge is 0.223 e. The second kappa shape index (κ2) is 5.52. The molecule has 1 aromatic heterocycles. The normalized spacial score (nSPS) is 11.5. The molecule has 0 atom stereocenters. The van der Waals surface area contributed by atoms with E-state index in [4.69, 9.17) is 23.2 Å². The standard InChI is InChI=1S/C10H15Cl2N3/c1-3-10(4-2,7-11)15-9-13-5-8(12)6-14-9/h5-6H,3-4,7H2,1-2H3,(H,13,14,15). The minimum absolute atomic E-state index is 0.130. The van der Waals surface area contributed by atoms with Crippen LogP contribution in [0.25, 0.3) is 0 Å². The van der Waals surface area contributed by atoms with E-state index in [0.29, 0.717) is 16.9 Å². The van der Waals surface area contributed by atoms with Crippen molar-refractivity contribution in [2.75, 3.05) is 11.2 Å². The zero-order chi connectivity index (χ0) is 11.3. The molecule has 84 valence electrons. The minimum Gasteiger partial charge on any atom is -0.348 e. The van der Waals surface area contributed by atoms with Crippen LogP contribution in [0.2, 0.25) is 5.02 Å². The average molecular weight is 248 g/mol. The van der Waals surface area contributed by atoms with Crippen molar-refractivity contribution in [1.29, 1.82) is 0 Å². The van der Waals surface area contributed by atoms with Crippen LogP contribution in [0, 0.1) is 0 Å². The summed E-state index contributed by atoms with van der Waals surface area (Å²) in [6.45, 7) is 4.18. The summed E-state index contributed by atoms with van der Waals surface area (Å²) in [7, 11) is 0. The number of nitrogens with zero attached hydrogens (tertiary/aromatic N) is 2. The molecule has 1 rings (SSSR count). The maximum absolute atomic E-state index is 5.96. The van der Waals surface area contributed by atoms with Gasteiger partial charge in [0.2, 0.25) is 5.95 Å². The molecule has 0 spiro atoms. The number of rotatable bonds is 5. The Morgan fingerprint density at radius 1 is 1.27 bits per heavy atom. The first-order valence-electron chi connectivity index (χ1n) is 4.97. The number of hydrogen-bond acceptors (Lipinski definition) is 3. The molecule has 0 aliphatic rings. The lowest BCUT2D eigenvalue weighted by molar-refractivity contribution is 0.480. The van der Waals surface area contributed by atoms with Crippen LogP contribution in [0.5, 0.6) is 0 Å². The predicted molar refractivity (Wildman–Crippen MR) is 64.7 cm³/mol. The van der Waals surface area contributed by atoms with Crippen molar-refractivity contribution in [2.45, 2.75) is 32.2 Å². The fourth-order valence-electron chi connectivity index (χ4n) is 1.26. The summed E-state index contributed by atoms with van der Waals surface area (Å²) in [6.07, 6.45) is 5.00. The van der Waals surface area contributed by atoms with E-state index in [9.17, 15) is 0 Å². The highest BCUT2D eigenvalue weighted by atomic mass is 35.5. The Balaban J connectivity index is 2.78. The first-order valence-corrected chi connectivity index (χ1v) is 5.88. The van der Waals surface area contributed by atoms with Gasteiger partial charge in [-0.1, -0.05) is 25.4 Å². The van der Waals surface area contributed by atoms with Crippen LogP contribution in [0.15, 0.2) is 12.4 Å². The van der Waals surface area contributed by atoms with Gasteiger partial charge in [-0.3, -0.25) is 0 Å². The molecule has 1 heterocycles. The number of anilines is 1. The van der Waals surface area contributed by atoms with E-state index in [0.717, 1.165) is 12.8 Å². The van der Waals surface area contributed by atoms with Crippen LogP contribution >= 0.6 is 23.2 Å². The molecular formula is C10H15Cl2N3. The minimum atomic E-state index is -0.130. The number of halogens is 2. The largest absolute Gasteiger partial charge is 0.348 e. The average Bonchev–Trinajstić information content (AvgIpc) is 2.29. The van der Waals surface area contributed by atoms with Crippen LogP contribution < -0.4 is 5.32 Å². The monoisotopic (exact) mass is 247 g/mol. The highest BCUT2D eigenvalue weighted by Crippen LogP contribution is 2.21. The molecule has 0 radical (unpaired) electrons. The van der Waals surface area contributed by atoms with Crippen LogP contribution in [0.1, 0.15) is 26.7 Å². The first kappa shape index (κ1) is 12.5. The molecule has 1 aromatic rings. The lowest BCUT2D eigenvalue weighted by Crippen LogP contribution is -2.39. The molecule has 5 heteroatoms. The molecule has 0 aliphatic carbocycles. The van der Waals surface area contributed by atoms with Gasteiger partial charge in [0.1, 0.15) is 0 Å². The van der Waals surface area contributed by atoms with Gasteiger partial charge < -0.3 is 5.32 Å². The Morgan fingerprint density at radius 2 is 1.80 bits per heavy atom. The SMILES string of the molecule is CCC(CC)(CCl)Nc1ncc(Cl)cn1. The third-order valence-corrected chi connectivity index (χ3v) is 3.31. The first-order chi connectivity index (χ1) is 7.15. The van der Waals surface area contributed by atoms with E-state index in [-0.39, 0.29) is 5.54 Å². The Labute approximate surface area is 100 Å². The van der Waals surface area contributed by atoms with Crippen LogP contribution in [-0.4, -0.2) is 21.4 Å². The Hall–Kier alpha value is -0.540. The molecule has 3 nitrogen and oxygen atoms in total. The summed E-state index contributed by atoms with van der Waals surface area (Å²) in [5, 5.41) is 3.79. The maximum atomic E-state index is 5.96. The third kappa shape index (κ3) is 3.21. The molecule has 1 N–H and O–H groups in total. The van der Waals surface area contributed by atoms with Crippen molar-refractivity contribution in [3.8, 4) is 0 Å². The van der Waals surface area contributed by atoms with Crippen molar-refractivity contribution in [2.24, 2.45) is 0 Å². The Bertz CT molecular complexity index is 288. The Morgan fingerprint density at radius 3 is 2.20 bits per heavy atom. The highest BCUT2D eigenvalue weighted by Gasteiger charge is 2.25. The lowest BCUT2D eigenvalue weighted by atomic mass is 9.95. The summed E-state index contributed by atoms with van der Waals surface area (Å²) < 4.78 is 0. The van der Waals surface area contributed by atoms with Crippen LogP contribution in [0.4, 0.5) is 5.95 Å². The third-order valence-electron chi connectivity index (χ3n) is 2.61. The second-order valence-corrected chi connectivity index (χ2v) is 4.17. The van der Waals surface area contributed by atoms with E-state index >= 15 is 0 Å². The summed E-state index contributed by atoms with van der Waals surface area (Å²) >= 11 is 11.7. The molecule has 15 heavy (non-hydrogen) atoms. The topological polar surface area (TPSA) is 37.8 Å². The van der Waals surface area contributed by atoms with Crippen molar-refractivity contribution >= 4 is 29.2 Å². The molecule has 0 fully saturated rings. The van der Waals surface area contributed by atoms with Crippen molar-refractivity contribution in [3.05, 3.63) is 17.4 Å². The van der Waals surface area contributed by atoms with Crippen LogP contribution in [-0.2, 0) is 0 Å². The van der Waals surface area contributed by atoms with Gasteiger partial charge in [-0.15, -0.1) is 11.6 Å². The van der Waals surface area contributed by atoms with Gasteiger partial charge in [-0.25, -0.2) is 9.97 Å². The molecule has 0 amide bonds. The number of alkyl halides is 1. The van der Waals surface area contributed by atoms with E-state index in [2.05, 4.69) is 29.1 Å². The fourth-order valence-corrected chi connectivity index (χ4v) is 1.81. The Kier molecular flexibility index (Phi) is 4.61. The zero-order valence-corrected chi connectivity index (χ0v) is 10.4. The van der Waals surface area contributed by atoms with E-state index < -0.39 is 0 Å². The van der Waals surface area contributed by atoms with Gasteiger partial charge in [0.15, 0.2) is 0 Å². The number of nitrogens with one attached hydrogen (secondary N) is 1. The number of hydrogen-bond donors (Lipinski definition) is 1. The summed E-state index contributed by atoms with van der Waals surface area (Å²) in [6, 6.07) is 0. The highest BCUT2D eigenvalue weighted by molar-refractivity contribution is 6.30. The van der Waals surface area contributed by atoms with Gasteiger partial charge >= 0.3 is 0 Å². The van der Waals surface area contributed by atoms with Gasteiger partial charge in [0.25, 0.3) is 0 Å². The van der Waals surface area contributed by atoms with E-state index in [1.165, 1.54) is 0 Å². The molecular weight excluding hydrogens is 233 g/mol. The van der Waals surface area contributed by atoms with Crippen molar-refractivity contribution in [3.63, 3.8) is 0 Å². The number of aromatic nitrogens is 2. The van der Waals surface area contributed by atoms with Gasteiger partial charge in [-0.05, 0) is 12.8 Å². The molecule has 0 saturated heterocycles. The van der Waals surface area contributed by atoms with Crippen LogP contribution in [0.3, 0.4) is 0 Å². The molecule has 0 unspecified atom stereocenters. The van der Waals surface area contributed by atoms with Crippen molar-refractivity contribution in [1.82, 2.24) is 9.97 Å². The summed E-state index contributed by atoms with van der Waals surface area (Å²) in [5.41, 5.74) is -0.130. The quantitative estimate of drug-likeness (QED) is 0.812. The van der Waals surface area contributed by atoms with Gasteiger partial charge in [-0.2, -0.15) is 0 Å². The van der Waals surface area contributed by atoms with E-state index in [1.807, 2.05) is 0 Å². The molecule has 0 aromatic carbocycles. The fraction of sp³-hybridized carbons (Fsp3) is 0.600. The second-order valence-electron chi connectivity index (χ2n) is 3.47. The molecule has 0 aliphatic heterocycles. The summed E-state index contributed by atoms with van der Waals surface area (Å²) in [5.74, 6) is 1.11. The zero-order valence-electron chi connectivity index (χ0n) is 8.93. The molecule has 0 bridgehead atoms. The maximum Gasteiger partial charge on any atom is 0.223 e. The lowest BCUT2D eigenvalue weighted by Gasteiger charge is -2.30. The molecule has 0 saturated carbocycles. The predicted octanol–water partition coefficient (Wildman–Crippen LogP) is 3.34. The van der Waals surface area contributed by atoms with E-state index in [1.54, 1.807) is 12.4 Å². The van der Waals surface area contributed by atoms with Crippen molar-refractivity contribution < 1.29 is 0 Å². The van der Waals surface area contributed by atoms with Gasteiger partial charge in [0.05, 0.1) is 23.0 Å².